The Bertz CT molecular complexity index is 2530. The zero-order valence-corrected chi connectivity index (χ0v) is 28.0. The Kier molecular flexibility index (Phi) is 7.86. The molecule has 0 aliphatic carbocycles. The second-order valence-corrected chi connectivity index (χ2v) is 12.7. The molecule has 0 unspecified atom stereocenters. The van der Waals surface area contributed by atoms with Crippen LogP contribution in [0.25, 0.3) is 60.9 Å². The minimum absolute atomic E-state index is 0.136. The fraction of sp³-hybridized carbons (Fsp3) is 0. The predicted octanol–water partition coefficient (Wildman–Crippen LogP) is 12.9. The van der Waals surface area contributed by atoms with Gasteiger partial charge in [0.2, 0.25) is 0 Å². The van der Waals surface area contributed by atoms with Crippen molar-refractivity contribution in [2.45, 2.75) is 0 Å². The molecular weight excluding hydrogens is 645 g/mol. The smallest absolute Gasteiger partial charge is 0.155 e. The summed E-state index contributed by atoms with van der Waals surface area (Å²) in [6.45, 7) is 0. The van der Waals surface area contributed by atoms with E-state index in [9.17, 15) is 0 Å². The van der Waals surface area contributed by atoms with Crippen LogP contribution in [0.4, 0.5) is 25.8 Å². The predicted molar refractivity (Wildman–Crippen MR) is 209 cm³/mol. The molecule has 0 spiro atoms. The first kappa shape index (κ1) is 31.2. The lowest BCUT2D eigenvalue weighted by atomic mass is 10.0. The molecule has 52 heavy (non-hydrogen) atoms. The lowest BCUT2D eigenvalue weighted by molar-refractivity contribution is 0.598. The molecule has 0 saturated heterocycles. The number of pyridine rings is 1. The van der Waals surface area contributed by atoms with Gasteiger partial charge in [-0.3, -0.25) is 4.98 Å². The lowest BCUT2D eigenvalue weighted by Crippen LogP contribution is -2.10. The lowest BCUT2D eigenvalue weighted by Gasteiger charge is -2.26. The van der Waals surface area contributed by atoms with Crippen molar-refractivity contribution in [1.82, 2.24) is 9.55 Å². The van der Waals surface area contributed by atoms with Gasteiger partial charge in [0.25, 0.3) is 0 Å². The first-order chi connectivity index (χ1) is 25.6. The first-order valence-corrected chi connectivity index (χ1v) is 17.2. The Labute approximate surface area is 300 Å². The Morgan fingerprint density at radius 2 is 0.923 bits per heavy atom. The van der Waals surface area contributed by atoms with E-state index >= 15 is 8.78 Å². The number of benzene rings is 7. The second-order valence-electron chi connectivity index (χ2n) is 12.7. The Hall–Kier alpha value is -6.85. The molecule has 2 aromatic heterocycles. The molecule has 2 heterocycles. The molecule has 9 aromatic rings. The van der Waals surface area contributed by atoms with Crippen LogP contribution in [0.1, 0.15) is 0 Å². The molecule has 248 valence electrons. The van der Waals surface area contributed by atoms with Gasteiger partial charge in [0, 0.05) is 45.7 Å². The van der Waals surface area contributed by atoms with E-state index in [0.717, 1.165) is 55.6 Å². The number of anilines is 3. The van der Waals surface area contributed by atoms with Gasteiger partial charge < -0.3 is 9.47 Å². The van der Waals surface area contributed by atoms with E-state index in [1.807, 2.05) is 91.0 Å². The van der Waals surface area contributed by atoms with Gasteiger partial charge >= 0.3 is 0 Å². The van der Waals surface area contributed by atoms with Gasteiger partial charge in [0.15, 0.2) is 5.82 Å². The van der Waals surface area contributed by atoms with E-state index in [2.05, 4.69) is 82.7 Å². The Morgan fingerprint density at radius 3 is 1.50 bits per heavy atom. The van der Waals surface area contributed by atoms with E-state index < -0.39 is 11.6 Å². The maximum Gasteiger partial charge on any atom is 0.155 e. The highest BCUT2D eigenvalue weighted by Gasteiger charge is 2.20. The van der Waals surface area contributed by atoms with Gasteiger partial charge in [-0.1, -0.05) is 115 Å². The van der Waals surface area contributed by atoms with Crippen molar-refractivity contribution in [3.63, 3.8) is 0 Å². The summed E-state index contributed by atoms with van der Waals surface area (Å²) in [5, 5.41) is 1.87. The van der Waals surface area contributed by atoms with Crippen LogP contribution in [0.5, 0.6) is 0 Å². The molecule has 0 bridgehead atoms. The van der Waals surface area contributed by atoms with E-state index in [0.29, 0.717) is 11.1 Å². The summed E-state index contributed by atoms with van der Waals surface area (Å²) in [5.74, 6) is -1.03. The number of aromatic nitrogens is 2. The van der Waals surface area contributed by atoms with Crippen LogP contribution in [0.2, 0.25) is 0 Å². The molecule has 9 rings (SSSR count). The van der Waals surface area contributed by atoms with Crippen LogP contribution >= 0.6 is 0 Å². The average molecular weight is 676 g/mol. The number of halogens is 2. The first-order valence-electron chi connectivity index (χ1n) is 17.2. The number of hydrogen-bond donors (Lipinski definition) is 0. The van der Waals surface area contributed by atoms with Crippen molar-refractivity contribution < 1.29 is 8.78 Å². The third-order valence-electron chi connectivity index (χ3n) is 9.64. The van der Waals surface area contributed by atoms with Crippen LogP contribution in [-0.2, 0) is 0 Å². The maximum absolute atomic E-state index is 16.7. The van der Waals surface area contributed by atoms with Crippen molar-refractivity contribution in [2.24, 2.45) is 0 Å². The molecule has 0 amide bonds. The Morgan fingerprint density at radius 1 is 0.442 bits per heavy atom. The van der Waals surface area contributed by atoms with Crippen molar-refractivity contribution in [1.29, 1.82) is 0 Å². The van der Waals surface area contributed by atoms with Gasteiger partial charge in [-0.2, -0.15) is 0 Å². The molecular formula is C47H31F2N3. The summed E-state index contributed by atoms with van der Waals surface area (Å²) in [6.07, 6.45) is 3.41. The molecule has 0 atom stereocenters. The normalized spacial score (nSPS) is 11.3. The van der Waals surface area contributed by atoms with Crippen LogP contribution in [0.3, 0.4) is 0 Å². The highest BCUT2D eigenvalue weighted by atomic mass is 19.1. The fourth-order valence-electron chi connectivity index (χ4n) is 7.13. The largest absolute Gasteiger partial charge is 0.311 e. The molecule has 0 radical (unpaired) electrons. The summed E-state index contributed by atoms with van der Waals surface area (Å²) < 4.78 is 33.9. The Balaban J connectivity index is 1.12. The molecule has 0 aliphatic rings. The fourth-order valence-corrected chi connectivity index (χ4v) is 7.13. The summed E-state index contributed by atoms with van der Waals surface area (Å²) in [5.41, 5.74) is 9.74. The number of fused-ring (bicyclic) bond motifs is 3. The number of nitrogens with zero attached hydrogens (tertiary/aromatic N) is 3. The van der Waals surface area contributed by atoms with Crippen molar-refractivity contribution in [3.05, 3.63) is 200 Å². The molecule has 3 nitrogen and oxygen atoms in total. The monoisotopic (exact) mass is 675 g/mol. The van der Waals surface area contributed by atoms with Crippen LogP contribution in [0.15, 0.2) is 188 Å². The second kappa shape index (κ2) is 13.1. The highest BCUT2D eigenvalue weighted by molar-refractivity contribution is 6.09. The highest BCUT2D eigenvalue weighted by Crippen LogP contribution is 2.39. The third-order valence-corrected chi connectivity index (χ3v) is 9.64. The van der Waals surface area contributed by atoms with Crippen molar-refractivity contribution in [3.8, 4) is 39.1 Å². The molecule has 0 saturated carbocycles. The zero-order chi connectivity index (χ0) is 35.0. The maximum atomic E-state index is 16.7. The number of para-hydroxylation sites is 1. The molecule has 5 heteroatoms. The van der Waals surface area contributed by atoms with Crippen LogP contribution < -0.4 is 4.90 Å². The summed E-state index contributed by atoms with van der Waals surface area (Å²) in [7, 11) is 0. The van der Waals surface area contributed by atoms with Gasteiger partial charge in [0.1, 0.15) is 5.82 Å². The summed E-state index contributed by atoms with van der Waals surface area (Å²) in [6, 6.07) is 57.3. The van der Waals surface area contributed by atoms with E-state index in [1.165, 1.54) is 12.1 Å². The van der Waals surface area contributed by atoms with Crippen molar-refractivity contribution >= 4 is 38.9 Å². The minimum atomic E-state index is -0.524. The van der Waals surface area contributed by atoms with E-state index in [4.69, 9.17) is 0 Å². The molecule has 0 aliphatic heterocycles. The van der Waals surface area contributed by atoms with Crippen LogP contribution in [-0.4, -0.2) is 9.55 Å². The van der Waals surface area contributed by atoms with Gasteiger partial charge in [0.05, 0.1) is 22.9 Å². The zero-order valence-electron chi connectivity index (χ0n) is 28.0. The van der Waals surface area contributed by atoms with E-state index in [1.54, 1.807) is 17.0 Å². The molecule has 0 N–H and O–H groups in total. The van der Waals surface area contributed by atoms with Gasteiger partial charge in [-0.05, 0) is 82.4 Å². The minimum Gasteiger partial charge on any atom is -0.311 e. The molecule has 0 fully saturated rings. The number of hydrogen-bond acceptors (Lipinski definition) is 2. The van der Waals surface area contributed by atoms with Gasteiger partial charge in [-0.25, -0.2) is 8.78 Å². The summed E-state index contributed by atoms with van der Waals surface area (Å²) in [4.78, 5) is 6.47. The van der Waals surface area contributed by atoms with Crippen LogP contribution in [0, 0.1) is 11.6 Å². The molecule has 7 aromatic carbocycles. The number of rotatable bonds is 7. The topological polar surface area (TPSA) is 21.1 Å². The van der Waals surface area contributed by atoms with E-state index in [-0.39, 0.29) is 11.3 Å². The quantitative estimate of drug-likeness (QED) is 0.168. The third kappa shape index (κ3) is 5.59. The summed E-state index contributed by atoms with van der Waals surface area (Å²) >= 11 is 0. The van der Waals surface area contributed by atoms with Gasteiger partial charge in [-0.15, -0.1) is 0 Å². The average Bonchev–Trinajstić information content (AvgIpc) is 3.54. The SMILES string of the molecule is Fc1cc(-c2ccc(N(c3ccc(-c4ccccc4)cc3)c3ccc(-c4ccccc4)cc3)cc2)c(F)c(-n2c3ccccc3c3ccncc32)c1. The standard InChI is InChI=1S/C47H31F2N3/c48-37-29-43(47(49)45(30-37)52-44-14-8-7-13-41(44)42-27-28-50-31-46(42)52)36-19-25-40(26-20-36)51(38-21-15-34(16-22-38)32-9-3-1-4-10-32)39-23-17-35(18-24-39)33-11-5-2-6-12-33/h1-31H. The van der Waals surface area contributed by atoms with Crippen molar-refractivity contribution in [2.75, 3.05) is 4.90 Å².